The normalized spacial score (nSPS) is 26.3. The van der Waals surface area contributed by atoms with Gasteiger partial charge in [-0.1, -0.05) is 68.4 Å². The zero-order chi connectivity index (χ0) is 67.0. The van der Waals surface area contributed by atoms with Crippen molar-refractivity contribution in [3.05, 3.63) is 44.6 Å². The molecule has 0 aromatic heterocycles. The molecule has 1 aliphatic carbocycles. The van der Waals surface area contributed by atoms with Crippen molar-refractivity contribution in [3.63, 3.8) is 0 Å². The Hall–Kier alpha value is -8.52. The Balaban J connectivity index is 1.32. The molecule has 0 radical (unpaired) electrons. The number of ether oxygens (including phenoxy) is 1. The number of benzene rings is 2. The summed E-state index contributed by atoms with van der Waals surface area (Å²) in [5, 5.41) is 10.9. The van der Waals surface area contributed by atoms with Crippen LogP contribution in [0.25, 0.3) is 22.6 Å². The van der Waals surface area contributed by atoms with Crippen molar-refractivity contribution in [2.75, 3.05) is 60.1 Å². The molecule has 0 spiro atoms. The topological polar surface area (TPSA) is 351 Å². The number of nitrogens with one attached hydrogen (secondary N) is 4. The van der Waals surface area contributed by atoms with Crippen LogP contribution in [0.5, 0.6) is 0 Å². The second kappa shape index (κ2) is 27.7. The maximum atomic E-state index is 15.2. The number of anilines is 1. The number of ketones is 1. The predicted octanol–water partition coefficient (Wildman–Crippen LogP) is 1.39. The summed E-state index contributed by atoms with van der Waals surface area (Å²) in [6.07, 6.45) is -0.418. The number of nitrogen functional groups attached to an aromatic ring is 1. The molecule has 10 amide bonds. The van der Waals surface area contributed by atoms with E-state index >= 15 is 9.59 Å². The maximum absolute atomic E-state index is 15.2. The van der Waals surface area contributed by atoms with E-state index in [1.54, 1.807) is 62.3 Å². The number of esters is 1. The zero-order valence-electron chi connectivity index (χ0n) is 54.4. The van der Waals surface area contributed by atoms with Crippen LogP contribution in [0, 0.1) is 43.4 Å². The number of fused-ring (bicyclic) bond motifs is 4. The molecule has 6 N–H and O–H groups in total. The van der Waals surface area contributed by atoms with E-state index in [9.17, 15) is 52.7 Å². The molecule has 5 aliphatic heterocycles. The largest absolute Gasteiger partial charge is 0.458 e. The van der Waals surface area contributed by atoms with Gasteiger partial charge in [-0.3, -0.25) is 57.5 Å². The number of Topliss-reactive ketones (excluding diaryl/α,β-unsaturated/α-hetero) is 1. The average Bonchev–Trinajstić information content (AvgIpc) is 0.893. The smallest absolute Gasteiger partial charge is 0.329 e. The number of amides is 10. The van der Waals surface area contributed by atoms with Crippen LogP contribution in [0.1, 0.15) is 133 Å². The summed E-state index contributed by atoms with van der Waals surface area (Å²) < 4.78 is 12.4. The summed E-state index contributed by atoms with van der Waals surface area (Å²) in [7, 11) is 5.71. The maximum Gasteiger partial charge on any atom is 0.329 e. The van der Waals surface area contributed by atoms with Gasteiger partial charge in [-0.2, -0.15) is 0 Å². The van der Waals surface area contributed by atoms with E-state index < -0.39 is 184 Å². The van der Waals surface area contributed by atoms with Crippen molar-refractivity contribution in [2.45, 2.75) is 170 Å². The quantitative estimate of drug-likeness (QED) is 0.121. The van der Waals surface area contributed by atoms with Crippen LogP contribution in [0.2, 0.25) is 0 Å². The predicted molar refractivity (Wildman–Crippen MR) is 329 cm³/mol. The number of cyclic esters (lactones) is 1. The fourth-order valence-corrected chi connectivity index (χ4v) is 12.7. The molecule has 4 saturated heterocycles. The van der Waals surface area contributed by atoms with Crippen molar-refractivity contribution < 1.29 is 66.7 Å². The minimum Gasteiger partial charge on any atom is -0.458 e. The lowest BCUT2D eigenvalue weighted by Crippen LogP contribution is -2.61. The van der Waals surface area contributed by atoms with E-state index in [0.717, 1.165) is 4.90 Å². The second-order valence-electron chi connectivity index (χ2n) is 26.0. The second-order valence-corrected chi connectivity index (χ2v) is 26.0. The van der Waals surface area contributed by atoms with Crippen LogP contribution >= 0.6 is 0 Å². The first-order valence-electron chi connectivity index (χ1n) is 30.8. The number of rotatable bonds is 8. The standard InChI is InChI=1S/C63H88N12O15/c1-28(2)44-61(86)74-23-17-19-37(74)59(84)70(13)26-40(77)72(15)50(30(5)6)39(76)25-33(10)46(57(82)66-44)68-56(81)42-43(64)52(79)34(11)54-49(42)65-48-36(22-21-32(9)53(48)90-54)55(80)69-47-35(12)89-63(88)51(31(7)8)73(16)41(78)27-71(14)60(85)38-20-18-24-75(38)62(87)45(29(3)4)67-58(47)83/h21-22,28-31,33,35,37-38,44-47,50-51H,17-20,23-27,64H2,1-16H3,(H,66,82)(H,67,83)(H,68,81)(H,69,80). The van der Waals surface area contributed by atoms with Gasteiger partial charge in [0, 0.05) is 53.3 Å². The monoisotopic (exact) mass is 1250 g/mol. The Labute approximate surface area is 523 Å². The SMILES string of the molecule is Cc1c2oc3c(C)ccc(C(=O)NC4C(=O)NC(C(C)C)C(=O)N5CCCC5C(=O)N(C)CC(=O)N(C)C(C(C)C)C(=O)OC4C)c3nc-2c(C(=O)NC2C(=O)NC(C(C)C)C(=O)N3CCCC3C(=O)N(C)CC(=O)N(C)C(C(C)C)C(=O)CC2C)c(N)c1=O. The average molecular weight is 1250 g/mol. The highest BCUT2D eigenvalue weighted by atomic mass is 16.5. The number of hydrogen-bond donors (Lipinski definition) is 5. The molecule has 6 aliphatic rings. The van der Waals surface area contributed by atoms with E-state index in [0.29, 0.717) is 18.4 Å². The molecule has 10 atom stereocenters. The molecular weight excluding hydrogens is 1160 g/mol. The summed E-state index contributed by atoms with van der Waals surface area (Å²) in [4.78, 5) is 200. The minimum absolute atomic E-state index is 0.0563. The fraction of sp³-hybridized carbons (Fsp3) is 0.619. The number of carbonyl (C=O) groups is 12. The molecule has 10 unspecified atom stereocenters. The number of aromatic nitrogens is 1. The third kappa shape index (κ3) is 13.8. The Morgan fingerprint density at radius 1 is 0.644 bits per heavy atom. The molecule has 0 saturated carbocycles. The van der Waals surface area contributed by atoms with Crippen LogP contribution in [0.4, 0.5) is 5.69 Å². The van der Waals surface area contributed by atoms with Gasteiger partial charge in [0.25, 0.3) is 11.8 Å². The van der Waals surface area contributed by atoms with Crippen molar-refractivity contribution in [3.8, 4) is 11.5 Å². The molecule has 27 heteroatoms. The number of nitrogens with zero attached hydrogens (tertiary/aromatic N) is 7. The molecule has 4 fully saturated rings. The van der Waals surface area contributed by atoms with E-state index in [1.165, 1.54) is 85.6 Å². The van der Waals surface area contributed by atoms with Gasteiger partial charge in [0.15, 0.2) is 17.1 Å². The lowest BCUT2D eigenvalue weighted by Gasteiger charge is -2.36. The van der Waals surface area contributed by atoms with Crippen molar-refractivity contribution >= 4 is 87.6 Å². The van der Waals surface area contributed by atoms with Gasteiger partial charge in [-0.15, -0.1) is 0 Å². The number of carbonyl (C=O) groups excluding carboxylic acids is 12. The Morgan fingerprint density at radius 3 is 1.61 bits per heavy atom. The first-order chi connectivity index (χ1) is 42.1. The molecule has 5 heterocycles. The third-order valence-electron chi connectivity index (χ3n) is 17.9. The van der Waals surface area contributed by atoms with Gasteiger partial charge in [0.1, 0.15) is 59.6 Å². The third-order valence-corrected chi connectivity index (χ3v) is 17.9. The minimum atomic E-state index is -1.77. The summed E-state index contributed by atoms with van der Waals surface area (Å²) in [5.74, 6) is -12.3. The molecule has 490 valence electrons. The first kappa shape index (κ1) is 69.0. The lowest BCUT2D eigenvalue weighted by atomic mass is 9.87. The molecule has 0 bridgehead atoms. The summed E-state index contributed by atoms with van der Waals surface area (Å²) in [6.45, 7) is 19.0. The number of likely N-dealkylation sites (N-methyl/N-ethyl adjacent to an activating group) is 4. The number of aryl methyl sites for hydroxylation is 1. The van der Waals surface area contributed by atoms with Crippen molar-refractivity contribution in [2.24, 2.45) is 29.6 Å². The van der Waals surface area contributed by atoms with Crippen LogP contribution in [0.15, 0.2) is 21.3 Å². The number of hydrogen-bond acceptors (Lipinski definition) is 17. The summed E-state index contributed by atoms with van der Waals surface area (Å²) in [6, 6.07) is -7.31. The summed E-state index contributed by atoms with van der Waals surface area (Å²) in [5.41, 5.74) is 3.87. The molecule has 1 aromatic rings. The van der Waals surface area contributed by atoms with Gasteiger partial charge >= 0.3 is 5.97 Å². The molecule has 7 rings (SSSR count). The fourth-order valence-electron chi connectivity index (χ4n) is 12.7. The van der Waals surface area contributed by atoms with E-state index in [2.05, 4.69) is 21.3 Å². The van der Waals surface area contributed by atoms with Crippen LogP contribution < -0.4 is 32.4 Å². The van der Waals surface area contributed by atoms with Gasteiger partial charge in [0.2, 0.25) is 52.7 Å². The van der Waals surface area contributed by atoms with Crippen LogP contribution in [-0.4, -0.2) is 214 Å². The first-order valence-corrected chi connectivity index (χ1v) is 30.8. The Morgan fingerprint density at radius 2 is 1.12 bits per heavy atom. The van der Waals surface area contributed by atoms with E-state index in [1.807, 2.05) is 0 Å². The van der Waals surface area contributed by atoms with Crippen LogP contribution in [0.3, 0.4) is 0 Å². The van der Waals surface area contributed by atoms with Gasteiger partial charge in [-0.05, 0) is 87.7 Å². The van der Waals surface area contributed by atoms with Crippen molar-refractivity contribution in [1.82, 2.24) is 55.7 Å². The summed E-state index contributed by atoms with van der Waals surface area (Å²) >= 11 is 0. The molecule has 27 nitrogen and oxygen atoms in total. The van der Waals surface area contributed by atoms with Gasteiger partial charge < -0.3 is 65.6 Å². The highest BCUT2D eigenvalue weighted by Gasteiger charge is 2.46. The number of nitrogens with two attached hydrogens (primary N) is 1. The zero-order valence-corrected chi connectivity index (χ0v) is 54.4. The Kier molecular flexibility index (Phi) is 21.2. The van der Waals surface area contributed by atoms with E-state index in [4.69, 9.17) is 19.9 Å². The lowest BCUT2D eigenvalue weighted by molar-refractivity contribution is -0.163. The van der Waals surface area contributed by atoms with Gasteiger partial charge in [-0.25, -0.2) is 9.78 Å². The highest BCUT2D eigenvalue weighted by Crippen LogP contribution is 2.35. The van der Waals surface area contributed by atoms with Crippen LogP contribution in [-0.2, 0) is 52.7 Å². The van der Waals surface area contributed by atoms with E-state index in [-0.39, 0.29) is 66.2 Å². The highest BCUT2D eigenvalue weighted by molar-refractivity contribution is 6.10. The van der Waals surface area contributed by atoms with Gasteiger partial charge in [0.05, 0.1) is 35.9 Å². The molecular formula is C63H88N12O15. The molecule has 90 heavy (non-hydrogen) atoms. The Bertz CT molecular complexity index is 3410. The molecule has 1 aromatic carbocycles. The van der Waals surface area contributed by atoms with Crippen molar-refractivity contribution in [1.29, 1.82) is 0 Å².